The molecule has 9 heteroatoms. The van der Waals surface area contributed by atoms with Crippen LogP contribution in [-0.2, 0) is 4.84 Å². The van der Waals surface area contributed by atoms with Gasteiger partial charge >= 0.3 is 0 Å². The van der Waals surface area contributed by atoms with Crippen molar-refractivity contribution in [3.8, 4) is 11.5 Å². The molecule has 1 aromatic heterocycles. The number of rotatable bonds is 12. The second-order valence-corrected chi connectivity index (χ2v) is 7.56. The number of ether oxygens (including phenoxy) is 2. The monoisotopic (exact) mass is 476 g/mol. The van der Waals surface area contributed by atoms with E-state index in [1.807, 2.05) is 12.1 Å². The van der Waals surface area contributed by atoms with Crippen molar-refractivity contribution in [2.75, 3.05) is 19.8 Å². The van der Waals surface area contributed by atoms with Crippen molar-refractivity contribution >= 4 is 52.1 Å². The van der Waals surface area contributed by atoms with Gasteiger partial charge in [0, 0.05) is 30.1 Å². The Hall–Kier alpha value is -1.63. The lowest BCUT2D eigenvalue weighted by Crippen LogP contribution is -2.13. The van der Waals surface area contributed by atoms with Gasteiger partial charge in [-0.1, -0.05) is 53.0 Å². The number of hydrogen-bond acceptors (Lipinski definition) is 5. The molecule has 0 fully saturated rings. The highest BCUT2D eigenvalue weighted by Gasteiger charge is 2.10. The quantitative estimate of drug-likeness (QED) is 0.281. The fourth-order valence-corrected chi connectivity index (χ4v) is 2.86. The molecule has 2 rings (SSSR count). The smallest absolute Gasteiger partial charge is 0.156 e. The number of nitrogens with zero attached hydrogens (tertiary/aromatic N) is 1. The van der Waals surface area contributed by atoms with Gasteiger partial charge in [-0.2, -0.15) is 0 Å². The van der Waals surface area contributed by atoms with Crippen molar-refractivity contribution in [3.63, 3.8) is 0 Å². The summed E-state index contributed by atoms with van der Waals surface area (Å²) in [6, 6.07) is 6.94. The molecule has 0 saturated heterocycles. The molecule has 2 aromatic rings. The largest absolute Gasteiger partial charge is 0.490 e. The molecule has 0 amide bonds. The van der Waals surface area contributed by atoms with Crippen LogP contribution in [0.2, 0.25) is 10.0 Å². The third-order valence-corrected chi connectivity index (χ3v) is 4.44. The number of nitrogens with one attached hydrogen (secondary N) is 1. The first-order valence-electron chi connectivity index (χ1n) is 8.70. The zero-order valence-corrected chi connectivity index (χ0v) is 18.5. The molecule has 1 heterocycles. The van der Waals surface area contributed by atoms with Gasteiger partial charge in [0.2, 0.25) is 0 Å². The van der Waals surface area contributed by atoms with Gasteiger partial charge in [0.1, 0.15) is 16.8 Å². The summed E-state index contributed by atoms with van der Waals surface area (Å²) in [5, 5.41) is 0.722. The summed E-state index contributed by atoms with van der Waals surface area (Å²) in [5.74, 6) is 0.906. The van der Waals surface area contributed by atoms with Gasteiger partial charge in [-0.25, -0.2) is 0 Å². The maximum absolute atomic E-state index is 6.23. The lowest BCUT2D eigenvalue weighted by Gasteiger charge is -2.12. The van der Waals surface area contributed by atoms with Crippen molar-refractivity contribution in [2.45, 2.75) is 12.8 Å². The number of pyridine rings is 1. The molecule has 0 aliphatic heterocycles. The minimum atomic E-state index is 0.128. The lowest BCUT2D eigenvalue weighted by atomic mass is 10.2. The Labute approximate surface area is 190 Å². The zero-order chi connectivity index (χ0) is 21.1. The van der Waals surface area contributed by atoms with Crippen LogP contribution in [0.15, 0.2) is 53.8 Å². The van der Waals surface area contributed by atoms with E-state index in [9.17, 15) is 0 Å². The summed E-state index contributed by atoms with van der Waals surface area (Å²) >= 11 is 23.5. The van der Waals surface area contributed by atoms with Gasteiger partial charge in [-0.15, -0.1) is 0 Å². The van der Waals surface area contributed by atoms with E-state index in [0.717, 1.165) is 18.4 Å². The van der Waals surface area contributed by atoms with E-state index in [2.05, 4.69) is 17.0 Å². The molecular formula is C20H20Cl4N2O3. The molecule has 0 bridgehead atoms. The van der Waals surface area contributed by atoms with Crippen LogP contribution in [0.3, 0.4) is 0 Å². The van der Waals surface area contributed by atoms with Crippen LogP contribution in [0.4, 0.5) is 0 Å². The lowest BCUT2D eigenvalue weighted by molar-refractivity contribution is 0.0733. The van der Waals surface area contributed by atoms with Crippen molar-refractivity contribution in [2.24, 2.45) is 0 Å². The predicted molar refractivity (Wildman–Crippen MR) is 119 cm³/mol. The molecular weight excluding hydrogens is 458 g/mol. The zero-order valence-electron chi connectivity index (χ0n) is 15.5. The molecule has 156 valence electrons. The first-order valence-corrected chi connectivity index (χ1v) is 10.2. The number of halogens is 4. The molecule has 0 saturated carbocycles. The van der Waals surface area contributed by atoms with Crippen LogP contribution in [0.5, 0.6) is 11.5 Å². The Balaban J connectivity index is 1.67. The van der Waals surface area contributed by atoms with Gasteiger partial charge in [0.15, 0.2) is 5.75 Å². The number of unbranched alkanes of at least 4 members (excludes halogenated alkanes) is 1. The van der Waals surface area contributed by atoms with Crippen molar-refractivity contribution < 1.29 is 14.3 Å². The average Bonchev–Trinajstić information content (AvgIpc) is 2.69. The highest BCUT2D eigenvalue weighted by molar-refractivity contribution is 6.55. The van der Waals surface area contributed by atoms with Gasteiger partial charge < -0.3 is 9.47 Å². The van der Waals surface area contributed by atoms with E-state index in [-0.39, 0.29) is 11.1 Å². The Morgan fingerprint density at radius 3 is 2.34 bits per heavy atom. The Morgan fingerprint density at radius 1 is 1.03 bits per heavy atom. The molecule has 0 atom stereocenters. The standard InChI is InChI=1S/C20H20Cl4N2O3/c1-14(15-4-7-25-8-5-15)26-29-10-3-2-9-28-20-17(21)12-16(13-18(20)22)27-11-6-19(23)24/h4-8,12-13,26H,1-3,9-11H2. The van der Waals surface area contributed by atoms with E-state index in [0.29, 0.717) is 40.5 Å². The number of aromatic nitrogens is 1. The molecule has 5 nitrogen and oxygen atoms in total. The molecule has 0 radical (unpaired) electrons. The first kappa shape index (κ1) is 23.6. The summed E-state index contributed by atoms with van der Waals surface area (Å²) in [5.41, 5.74) is 4.41. The summed E-state index contributed by atoms with van der Waals surface area (Å²) in [7, 11) is 0. The Morgan fingerprint density at radius 2 is 1.69 bits per heavy atom. The average molecular weight is 478 g/mol. The first-order chi connectivity index (χ1) is 14.0. The summed E-state index contributed by atoms with van der Waals surface area (Å²) in [6.45, 7) is 5.05. The van der Waals surface area contributed by atoms with Crippen LogP contribution in [0, 0.1) is 0 Å². The van der Waals surface area contributed by atoms with Crippen LogP contribution >= 0.6 is 46.4 Å². The summed E-state index contributed by atoms with van der Waals surface area (Å²) in [4.78, 5) is 9.36. The van der Waals surface area contributed by atoms with Gasteiger partial charge in [-0.05, 0) is 31.1 Å². The van der Waals surface area contributed by atoms with E-state index in [1.54, 1.807) is 24.5 Å². The summed E-state index contributed by atoms with van der Waals surface area (Å²) in [6.07, 6.45) is 6.44. The molecule has 0 spiro atoms. The summed E-state index contributed by atoms with van der Waals surface area (Å²) < 4.78 is 11.3. The van der Waals surface area contributed by atoms with E-state index in [4.69, 9.17) is 60.7 Å². The van der Waals surface area contributed by atoms with Crippen molar-refractivity contribution in [1.82, 2.24) is 10.5 Å². The Kier molecular flexibility index (Phi) is 10.5. The highest BCUT2D eigenvalue weighted by Crippen LogP contribution is 2.37. The molecule has 0 aliphatic carbocycles. The third kappa shape index (κ3) is 8.72. The van der Waals surface area contributed by atoms with Crippen LogP contribution in [0.25, 0.3) is 5.70 Å². The van der Waals surface area contributed by atoms with E-state index < -0.39 is 0 Å². The van der Waals surface area contributed by atoms with Crippen LogP contribution in [-0.4, -0.2) is 24.8 Å². The van der Waals surface area contributed by atoms with E-state index in [1.165, 1.54) is 6.08 Å². The second kappa shape index (κ2) is 12.8. The van der Waals surface area contributed by atoms with E-state index >= 15 is 0 Å². The Bertz CT molecular complexity index is 805. The number of hydroxylamine groups is 1. The maximum atomic E-state index is 6.23. The second-order valence-electron chi connectivity index (χ2n) is 5.74. The van der Waals surface area contributed by atoms with Crippen molar-refractivity contribution in [3.05, 3.63) is 69.4 Å². The minimum Gasteiger partial charge on any atom is -0.490 e. The normalized spacial score (nSPS) is 10.3. The van der Waals surface area contributed by atoms with Crippen LogP contribution < -0.4 is 15.0 Å². The number of hydrogen-bond donors (Lipinski definition) is 1. The van der Waals surface area contributed by atoms with Gasteiger partial charge in [0.25, 0.3) is 0 Å². The highest BCUT2D eigenvalue weighted by atomic mass is 35.5. The molecule has 29 heavy (non-hydrogen) atoms. The molecule has 0 unspecified atom stereocenters. The molecule has 1 aromatic carbocycles. The number of benzene rings is 1. The third-order valence-electron chi connectivity index (χ3n) is 3.57. The van der Waals surface area contributed by atoms with Gasteiger partial charge in [0.05, 0.1) is 29.0 Å². The maximum Gasteiger partial charge on any atom is 0.156 e. The molecule has 1 N–H and O–H groups in total. The molecule has 0 aliphatic rings. The fraction of sp³-hybridized carbons (Fsp3) is 0.250. The predicted octanol–water partition coefficient (Wildman–Crippen LogP) is 6.44. The topological polar surface area (TPSA) is 52.6 Å². The SMILES string of the molecule is C=C(NOCCCCOc1c(Cl)cc(OCC=C(Cl)Cl)cc1Cl)c1ccncc1. The van der Waals surface area contributed by atoms with Crippen molar-refractivity contribution in [1.29, 1.82) is 0 Å². The van der Waals surface area contributed by atoms with Crippen LogP contribution in [0.1, 0.15) is 18.4 Å². The van der Waals surface area contributed by atoms with Gasteiger partial charge in [-0.3, -0.25) is 15.3 Å². The fourth-order valence-electron chi connectivity index (χ4n) is 2.16. The minimum absolute atomic E-state index is 0.128.